The van der Waals surface area contributed by atoms with Gasteiger partial charge in [0.15, 0.2) is 5.71 Å². The zero-order chi connectivity index (χ0) is 27.6. The fourth-order valence-corrected chi connectivity index (χ4v) is 9.76. The van der Waals surface area contributed by atoms with Gasteiger partial charge in [-0.2, -0.15) is 0 Å². The van der Waals surface area contributed by atoms with Crippen molar-refractivity contribution < 1.29 is 4.42 Å². The standard InChI is InChI=1S/C38H19BN2OS/c1-2-10-21-20(9-1)19-28-33-31(21)24-13-7-14-25-32-22-11-3-5-17-29(22)42-38(32)41(34(24)25)39(33)27-16-8-15-26-35(27)40(28)36-23-12-4-6-18-30(23)43-37(26)36/h1-19H. The van der Waals surface area contributed by atoms with Crippen LogP contribution in [0.5, 0.6) is 0 Å². The number of rotatable bonds is 0. The van der Waals surface area contributed by atoms with Crippen LogP contribution in [0.15, 0.2) is 120 Å². The van der Waals surface area contributed by atoms with E-state index >= 15 is 0 Å². The van der Waals surface area contributed by atoms with E-state index in [9.17, 15) is 0 Å². The van der Waals surface area contributed by atoms with Crippen molar-refractivity contribution in [3.63, 3.8) is 0 Å². The van der Waals surface area contributed by atoms with Gasteiger partial charge in [-0.05, 0) is 45.5 Å². The molecule has 4 aromatic heterocycles. The Morgan fingerprint density at radius 3 is 2.35 bits per heavy atom. The molecule has 0 atom stereocenters. The zero-order valence-electron chi connectivity index (χ0n) is 22.8. The third-order valence-electron chi connectivity index (χ3n) is 10.1. The molecule has 0 amide bonds. The highest BCUT2D eigenvalue weighted by atomic mass is 32.1. The lowest BCUT2D eigenvalue weighted by Crippen LogP contribution is -2.55. The van der Waals surface area contributed by atoms with Gasteiger partial charge < -0.3 is 13.5 Å². The first-order valence-corrected chi connectivity index (χ1v) is 15.6. The van der Waals surface area contributed by atoms with Crippen LogP contribution in [0.1, 0.15) is 0 Å². The van der Waals surface area contributed by atoms with E-state index in [4.69, 9.17) is 4.42 Å². The second-order valence-corrected chi connectivity index (χ2v) is 13.1. The zero-order valence-corrected chi connectivity index (χ0v) is 23.6. The lowest BCUT2D eigenvalue weighted by Gasteiger charge is -2.34. The van der Waals surface area contributed by atoms with Crippen LogP contribution >= 0.6 is 11.3 Å². The maximum Gasteiger partial charge on any atom is 0.336 e. The molecule has 2 aliphatic rings. The summed E-state index contributed by atoms with van der Waals surface area (Å²) < 4.78 is 14.6. The lowest BCUT2D eigenvalue weighted by molar-refractivity contribution is 0.651. The highest BCUT2D eigenvalue weighted by Gasteiger charge is 2.43. The van der Waals surface area contributed by atoms with Gasteiger partial charge in [0.05, 0.1) is 21.1 Å². The molecule has 196 valence electrons. The molecule has 10 aromatic rings. The molecule has 0 spiro atoms. The van der Waals surface area contributed by atoms with E-state index in [1.54, 1.807) is 0 Å². The Bertz CT molecular complexity index is 2920. The van der Waals surface area contributed by atoms with Gasteiger partial charge in [-0.3, -0.25) is 0 Å². The van der Waals surface area contributed by atoms with Crippen LogP contribution in [-0.2, 0) is 0 Å². The van der Waals surface area contributed by atoms with Gasteiger partial charge in [0, 0.05) is 43.0 Å². The van der Waals surface area contributed by atoms with Gasteiger partial charge in [-0.15, -0.1) is 11.3 Å². The van der Waals surface area contributed by atoms with Crippen molar-refractivity contribution in [3.05, 3.63) is 115 Å². The summed E-state index contributed by atoms with van der Waals surface area (Å²) in [5.74, 6) is 0. The number of nitrogens with zero attached hydrogens (tertiary/aromatic N) is 2. The molecule has 0 unspecified atom stereocenters. The second kappa shape index (κ2) is 7.03. The minimum Gasteiger partial charge on any atom is -0.441 e. The molecule has 12 rings (SSSR count). The highest BCUT2D eigenvalue weighted by molar-refractivity contribution is 7.26. The number of thiophene rings is 1. The Morgan fingerprint density at radius 2 is 1.40 bits per heavy atom. The third kappa shape index (κ3) is 2.27. The molecular formula is C38H19BN2OS. The Kier molecular flexibility index (Phi) is 3.50. The summed E-state index contributed by atoms with van der Waals surface area (Å²) >= 11 is 1.91. The lowest BCUT2D eigenvalue weighted by atomic mass is 9.45. The van der Waals surface area contributed by atoms with Crippen LogP contribution in [0.25, 0.3) is 91.8 Å². The topological polar surface area (TPSA) is 23.0 Å². The van der Waals surface area contributed by atoms with E-state index in [-0.39, 0.29) is 6.85 Å². The van der Waals surface area contributed by atoms with E-state index in [2.05, 4.69) is 124 Å². The first kappa shape index (κ1) is 21.4. The fourth-order valence-electron chi connectivity index (χ4n) is 8.55. The summed E-state index contributed by atoms with van der Waals surface area (Å²) in [4.78, 5) is 0. The molecule has 3 nitrogen and oxygen atoms in total. The van der Waals surface area contributed by atoms with Gasteiger partial charge >= 0.3 is 6.85 Å². The summed E-state index contributed by atoms with van der Waals surface area (Å²) in [6, 6.07) is 42.5. The Balaban J connectivity index is 1.40. The van der Waals surface area contributed by atoms with Gasteiger partial charge in [0.25, 0.3) is 0 Å². The molecule has 0 fully saturated rings. The molecule has 0 aliphatic carbocycles. The van der Waals surface area contributed by atoms with Gasteiger partial charge in [-0.25, -0.2) is 0 Å². The monoisotopic (exact) mass is 562 g/mol. The maximum atomic E-state index is 6.79. The summed E-state index contributed by atoms with van der Waals surface area (Å²) in [5.41, 5.74) is 12.4. The van der Waals surface area contributed by atoms with Crippen molar-refractivity contribution in [2.75, 3.05) is 0 Å². The molecule has 6 aromatic carbocycles. The number of furan rings is 1. The van der Waals surface area contributed by atoms with E-state index in [0.717, 1.165) is 11.3 Å². The van der Waals surface area contributed by atoms with Crippen molar-refractivity contribution in [1.29, 1.82) is 0 Å². The van der Waals surface area contributed by atoms with Crippen molar-refractivity contribution in [2.24, 2.45) is 0 Å². The quantitative estimate of drug-likeness (QED) is 0.169. The molecule has 43 heavy (non-hydrogen) atoms. The molecule has 0 N–H and O–H groups in total. The highest BCUT2D eigenvalue weighted by Crippen LogP contribution is 2.48. The van der Waals surface area contributed by atoms with Crippen LogP contribution in [0.3, 0.4) is 0 Å². The predicted octanol–water partition coefficient (Wildman–Crippen LogP) is 8.95. The number of hydrogen-bond donors (Lipinski definition) is 0. The summed E-state index contributed by atoms with van der Waals surface area (Å²) in [6.45, 7) is -0.00320. The molecule has 5 heteroatoms. The van der Waals surface area contributed by atoms with Crippen molar-refractivity contribution in [3.8, 4) is 16.8 Å². The summed E-state index contributed by atoms with van der Waals surface area (Å²) in [5, 5.41) is 8.89. The molecule has 0 saturated heterocycles. The minimum absolute atomic E-state index is 0.00320. The van der Waals surface area contributed by atoms with E-state index in [0.29, 0.717) is 0 Å². The Morgan fingerprint density at radius 1 is 0.628 bits per heavy atom. The predicted molar refractivity (Wildman–Crippen MR) is 182 cm³/mol. The summed E-state index contributed by atoms with van der Waals surface area (Å²) in [7, 11) is 0. The smallest absolute Gasteiger partial charge is 0.336 e. The first-order chi connectivity index (χ1) is 21.4. The minimum atomic E-state index is -0.00320. The molecule has 0 bridgehead atoms. The van der Waals surface area contributed by atoms with Crippen LogP contribution in [0.4, 0.5) is 0 Å². The third-order valence-corrected chi connectivity index (χ3v) is 11.3. The number of hydrogen-bond acceptors (Lipinski definition) is 2. The molecule has 2 aliphatic heterocycles. The van der Waals surface area contributed by atoms with Gasteiger partial charge in [0.1, 0.15) is 5.58 Å². The number of fused-ring (bicyclic) bond motifs is 16. The van der Waals surface area contributed by atoms with E-state index < -0.39 is 0 Å². The molecular weight excluding hydrogens is 543 g/mol. The number of benzene rings is 6. The molecule has 0 radical (unpaired) electrons. The van der Waals surface area contributed by atoms with Crippen molar-refractivity contribution in [1.82, 2.24) is 9.05 Å². The van der Waals surface area contributed by atoms with E-state index in [1.807, 2.05) is 11.3 Å². The van der Waals surface area contributed by atoms with Crippen LogP contribution in [-0.4, -0.2) is 15.9 Å². The summed E-state index contributed by atoms with van der Waals surface area (Å²) in [6.07, 6.45) is 0. The maximum absolute atomic E-state index is 6.79. The van der Waals surface area contributed by atoms with Gasteiger partial charge in [-0.1, -0.05) is 97.1 Å². The Labute approximate surface area is 248 Å². The second-order valence-electron chi connectivity index (χ2n) is 12.0. The van der Waals surface area contributed by atoms with Gasteiger partial charge in [0.2, 0.25) is 0 Å². The molecule has 0 saturated carbocycles. The number of aromatic nitrogens is 2. The average molecular weight is 562 g/mol. The van der Waals surface area contributed by atoms with Crippen molar-refractivity contribution >= 4 is 104 Å². The Hall–Kier alpha value is -5.26. The van der Waals surface area contributed by atoms with Crippen LogP contribution < -0.4 is 10.9 Å². The molecule has 6 heterocycles. The number of para-hydroxylation sites is 3. The van der Waals surface area contributed by atoms with E-state index in [1.165, 1.54) is 91.4 Å². The normalized spacial score (nSPS) is 13.5. The largest absolute Gasteiger partial charge is 0.441 e. The van der Waals surface area contributed by atoms with Crippen LogP contribution in [0, 0.1) is 0 Å². The SMILES string of the molecule is c1ccc2c3c4c(cc2c1)-n1c2c(cccc2c2sc5ccccc5c21)B4n1c2oc4ccccc4c2c2cccc-3c21. The fraction of sp³-hybridized carbons (Fsp3) is 0. The first-order valence-electron chi connectivity index (χ1n) is 14.8. The van der Waals surface area contributed by atoms with Crippen LogP contribution in [0.2, 0.25) is 0 Å². The average Bonchev–Trinajstić information content (AvgIpc) is 3.79. The van der Waals surface area contributed by atoms with Crippen molar-refractivity contribution in [2.45, 2.75) is 0 Å².